The molecule has 0 atom stereocenters. The highest BCUT2D eigenvalue weighted by molar-refractivity contribution is 5.88. The standard InChI is InChI=1S/C22H17F3N2O4/c23-22(24,25)31-17-6-3-14(4-7-17)2-1-9-26-20(28)11-15-5-8-18-16(12-21(29)30)13-27-19(18)10-15/h3-8,10,13,27H,9,11-12H2,(H,26,28)(H,29,30). The molecule has 3 rings (SSSR count). The number of ether oxygens (including phenoxy) is 1. The van der Waals surface area contributed by atoms with Crippen LogP contribution in [0.5, 0.6) is 5.75 Å². The van der Waals surface area contributed by atoms with Crippen LogP contribution in [0.15, 0.2) is 48.7 Å². The van der Waals surface area contributed by atoms with Gasteiger partial charge in [-0.15, -0.1) is 13.2 Å². The third-order valence-electron chi connectivity index (χ3n) is 4.23. The number of alkyl halides is 3. The Morgan fingerprint density at radius 1 is 1.10 bits per heavy atom. The Hall–Kier alpha value is -3.93. The molecule has 0 saturated heterocycles. The number of rotatable bonds is 6. The first-order valence-electron chi connectivity index (χ1n) is 9.12. The minimum absolute atomic E-state index is 0.0765. The number of aromatic nitrogens is 1. The number of halogens is 3. The maximum absolute atomic E-state index is 12.1. The van der Waals surface area contributed by atoms with Crippen LogP contribution in [0.2, 0.25) is 0 Å². The molecule has 1 heterocycles. The lowest BCUT2D eigenvalue weighted by atomic mass is 10.1. The van der Waals surface area contributed by atoms with E-state index in [0.29, 0.717) is 11.1 Å². The molecule has 6 nitrogen and oxygen atoms in total. The molecule has 9 heteroatoms. The largest absolute Gasteiger partial charge is 0.573 e. The molecule has 0 unspecified atom stereocenters. The van der Waals surface area contributed by atoms with Crippen LogP contribution in [0.1, 0.15) is 16.7 Å². The quantitative estimate of drug-likeness (QED) is 0.523. The average molecular weight is 430 g/mol. The Morgan fingerprint density at radius 3 is 2.52 bits per heavy atom. The monoisotopic (exact) mass is 430 g/mol. The lowest BCUT2D eigenvalue weighted by Gasteiger charge is -2.08. The van der Waals surface area contributed by atoms with Crippen molar-refractivity contribution in [3.63, 3.8) is 0 Å². The van der Waals surface area contributed by atoms with Gasteiger partial charge >= 0.3 is 12.3 Å². The van der Waals surface area contributed by atoms with E-state index in [4.69, 9.17) is 5.11 Å². The topological polar surface area (TPSA) is 91.4 Å². The fourth-order valence-electron chi connectivity index (χ4n) is 2.93. The highest BCUT2D eigenvalue weighted by Gasteiger charge is 2.30. The van der Waals surface area contributed by atoms with E-state index >= 15 is 0 Å². The minimum Gasteiger partial charge on any atom is -0.481 e. The molecule has 0 radical (unpaired) electrons. The van der Waals surface area contributed by atoms with E-state index in [1.165, 1.54) is 12.1 Å². The summed E-state index contributed by atoms with van der Waals surface area (Å²) in [4.78, 5) is 26.0. The van der Waals surface area contributed by atoms with Crippen LogP contribution in [0.25, 0.3) is 10.9 Å². The van der Waals surface area contributed by atoms with Crippen molar-refractivity contribution in [3.05, 3.63) is 65.4 Å². The van der Waals surface area contributed by atoms with Crippen LogP contribution < -0.4 is 10.1 Å². The maximum Gasteiger partial charge on any atom is 0.573 e. The molecule has 1 aromatic heterocycles. The number of carboxylic acids is 1. The summed E-state index contributed by atoms with van der Waals surface area (Å²) in [7, 11) is 0. The molecule has 3 N–H and O–H groups in total. The lowest BCUT2D eigenvalue weighted by molar-refractivity contribution is -0.274. The van der Waals surface area contributed by atoms with Crippen molar-refractivity contribution in [1.29, 1.82) is 0 Å². The van der Waals surface area contributed by atoms with Crippen LogP contribution in [0, 0.1) is 11.8 Å². The summed E-state index contributed by atoms with van der Waals surface area (Å²) in [6.45, 7) is 0.0765. The van der Waals surface area contributed by atoms with Crippen molar-refractivity contribution >= 4 is 22.8 Å². The van der Waals surface area contributed by atoms with Crippen molar-refractivity contribution in [1.82, 2.24) is 10.3 Å². The smallest absolute Gasteiger partial charge is 0.481 e. The molecule has 31 heavy (non-hydrogen) atoms. The summed E-state index contributed by atoms with van der Waals surface area (Å²) in [6, 6.07) is 10.4. The molecule has 160 valence electrons. The second-order valence-electron chi connectivity index (χ2n) is 6.59. The van der Waals surface area contributed by atoms with Gasteiger partial charge in [0.15, 0.2) is 0 Å². The van der Waals surface area contributed by atoms with Crippen molar-refractivity contribution in [2.24, 2.45) is 0 Å². The highest BCUT2D eigenvalue weighted by atomic mass is 19.4. The Labute approximate surface area is 175 Å². The number of benzene rings is 2. The molecule has 0 fully saturated rings. The second kappa shape index (κ2) is 9.26. The zero-order valence-electron chi connectivity index (χ0n) is 16.0. The van der Waals surface area contributed by atoms with Gasteiger partial charge in [-0.2, -0.15) is 0 Å². The van der Waals surface area contributed by atoms with E-state index in [1.54, 1.807) is 24.4 Å². The number of hydrogen-bond donors (Lipinski definition) is 3. The molecular formula is C22H17F3N2O4. The van der Waals surface area contributed by atoms with Gasteiger partial charge in [-0.05, 0) is 41.5 Å². The molecule has 1 amide bonds. The molecular weight excluding hydrogens is 413 g/mol. The number of fused-ring (bicyclic) bond motifs is 1. The van der Waals surface area contributed by atoms with Gasteiger partial charge in [0.25, 0.3) is 0 Å². The van der Waals surface area contributed by atoms with Crippen molar-refractivity contribution < 1.29 is 32.6 Å². The zero-order chi connectivity index (χ0) is 22.4. The SMILES string of the molecule is O=C(O)Cc1c[nH]c2cc(CC(=O)NCC#Cc3ccc(OC(F)(F)F)cc3)ccc12. The van der Waals surface area contributed by atoms with Crippen LogP contribution >= 0.6 is 0 Å². The number of H-pyrrole nitrogens is 1. The Balaban J connectivity index is 1.51. The van der Waals surface area contributed by atoms with Gasteiger partial charge in [-0.25, -0.2) is 0 Å². The summed E-state index contributed by atoms with van der Waals surface area (Å²) < 4.78 is 40.2. The number of carbonyl (C=O) groups excluding carboxylic acids is 1. The third-order valence-corrected chi connectivity index (χ3v) is 4.23. The highest BCUT2D eigenvalue weighted by Crippen LogP contribution is 2.22. The molecule has 0 aliphatic carbocycles. The molecule has 0 aliphatic rings. The Bertz CT molecular complexity index is 1160. The van der Waals surface area contributed by atoms with E-state index in [9.17, 15) is 22.8 Å². The van der Waals surface area contributed by atoms with Crippen molar-refractivity contribution in [2.45, 2.75) is 19.2 Å². The summed E-state index contributed by atoms with van der Waals surface area (Å²) in [6.07, 6.45) is -3.07. The van der Waals surface area contributed by atoms with Gasteiger partial charge in [0.1, 0.15) is 5.75 Å². The minimum atomic E-state index is -4.75. The van der Waals surface area contributed by atoms with E-state index in [1.807, 2.05) is 0 Å². The van der Waals surface area contributed by atoms with Gasteiger partial charge in [0.2, 0.25) is 5.91 Å². The lowest BCUT2D eigenvalue weighted by Crippen LogP contribution is -2.25. The first kappa shape index (κ1) is 21.8. The Morgan fingerprint density at radius 2 is 1.84 bits per heavy atom. The molecule has 3 aromatic rings. The fourth-order valence-corrected chi connectivity index (χ4v) is 2.93. The average Bonchev–Trinajstić information content (AvgIpc) is 3.07. The molecule has 0 aliphatic heterocycles. The van der Waals surface area contributed by atoms with Gasteiger partial charge in [-0.1, -0.05) is 24.0 Å². The number of hydrogen-bond acceptors (Lipinski definition) is 3. The molecule has 0 bridgehead atoms. The second-order valence-corrected chi connectivity index (χ2v) is 6.59. The number of aromatic amines is 1. The van der Waals surface area contributed by atoms with E-state index in [-0.39, 0.29) is 31.0 Å². The number of carboxylic acid groups (broad SMARTS) is 1. The van der Waals surface area contributed by atoms with Crippen LogP contribution in [-0.4, -0.2) is 34.9 Å². The van der Waals surface area contributed by atoms with Crippen molar-refractivity contribution in [3.8, 4) is 17.6 Å². The normalized spacial score (nSPS) is 10.9. The van der Waals surface area contributed by atoms with Gasteiger partial charge in [0.05, 0.1) is 19.4 Å². The first-order valence-corrected chi connectivity index (χ1v) is 9.12. The van der Waals surface area contributed by atoms with Crippen molar-refractivity contribution in [2.75, 3.05) is 6.54 Å². The third kappa shape index (κ3) is 6.54. The van der Waals surface area contributed by atoms with Crippen LogP contribution in [-0.2, 0) is 22.4 Å². The van der Waals surface area contributed by atoms with Gasteiger partial charge in [0, 0.05) is 22.7 Å². The number of aliphatic carboxylic acids is 1. The fraction of sp³-hybridized carbons (Fsp3) is 0.182. The van der Waals surface area contributed by atoms with E-state index in [0.717, 1.165) is 28.6 Å². The predicted molar refractivity (Wildman–Crippen MR) is 106 cm³/mol. The summed E-state index contributed by atoms with van der Waals surface area (Å²) in [5, 5.41) is 12.4. The maximum atomic E-state index is 12.1. The van der Waals surface area contributed by atoms with Gasteiger partial charge < -0.3 is 20.1 Å². The van der Waals surface area contributed by atoms with Crippen LogP contribution in [0.3, 0.4) is 0 Å². The predicted octanol–water partition coefficient (Wildman–Crippen LogP) is 3.40. The zero-order valence-corrected chi connectivity index (χ0v) is 16.0. The van der Waals surface area contributed by atoms with E-state index in [2.05, 4.69) is 26.9 Å². The molecule has 0 saturated carbocycles. The number of carbonyl (C=O) groups is 2. The first-order chi connectivity index (χ1) is 14.7. The summed E-state index contributed by atoms with van der Waals surface area (Å²) in [5.41, 5.74) is 2.66. The van der Waals surface area contributed by atoms with E-state index < -0.39 is 12.3 Å². The van der Waals surface area contributed by atoms with Crippen LogP contribution in [0.4, 0.5) is 13.2 Å². The molecule has 2 aromatic carbocycles. The number of amides is 1. The number of nitrogens with one attached hydrogen (secondary N) is 2. The summed E-state index contributed by atoms with van der Waals surface area (Å²) >= 11 is 0. The summed E-state index contributed by atoms with van der Waals surface area (Å²) in [5.74, 6) is 3.97. The van der Waals surface area contributed by atoms with Gasteiger partial charge in [-0.3, -0.25) is 9.59 Å². The Kier molecular flexibility index (Phi) is 6.50. The molecule has 0 spiro atoms.